The van der Waals surface area contributed by atoms with Crippen LogP contribution in [0.5, 0.6) is 0 Å². The van der Waals surface area contributed by atoms with E-state index in [4.69, 9.17) is 10.5 Å². The SMILES string of the molecule is Cn1ccnc1CN1C[C@@H]2COC[C@H](C1)N(Cc1cccnc1N)C2. The van der Waals surface area contributed by atoms with Crippen LogP contribution in [0.1, 0.15) is 11.4 Å². The molecule has 2 aliphatic heterocycles. The van der Waals surface area contributed by atoms with E-state index in [9.17, 15) is 0 Å². The molecular weight excluding hydrogens is 316 g/mol. The summed E-state index contributed by atoms with van der Waals surface area (Å²) in [5.74, 6) is 2.25. The topological polar surface area (TPSA) is 72.4 Å². The van der Waals surface area contributed by atoms with E-state index in [0.29, 0.717) is 17.8 Å². The molecule has 25 heavy (non-hydrogen) atoms. The van der Waals surface area contributed by atoms with Crippen molar-refractivity contribution >= 4 is 5.82 Å². The second-order valence-electron chi connectivity index (χ2n) is 7.18. The number of ether oxygens (including phenoxy) is 1. The van der Waals surface area contributed by atoms with E-state index in [1.807, 2.05) is 18.5 Å². The maximum Gasteiger partial charge on any atom is 0.127 e. The van der Waals surface area contributed by atoms with E-state index in [1.54, 1.807) is 6.20 Å². The minimum absolute atomic E-state index is 0.368. The summed E-state index contributed by atoms with van der Waals surface area (Å²) in [7, 11) is 2.06. The molecule has 2 saturated heterocycles. The highest BCUT2D eigenvalue weighted by molar-refractivity contribution is 5.38. The van der Waals surface area contributed by atoms with Crippen molar-refractivity contribution in [2.75, 3.05) is 38.6 Å². The van der Waals surface area contributed by atoms with Gasteiger partial charge in [-0.1, -0.05) is 6.07 Å². The predicted molar refractivity (Wildman–Crippen MR) is 95.6 cm³/mol. The van der Waals surface area contributed by atoms with Gasteiger partial charge in [0.15, 0.2) is 0 Å². The number of imidazole rings is 1. The van der Waals surface area contributed by atoms with Gasteiger partial charge in [0.2, 0.25) is 0 Å². The molecule has 0 saturated carbocycles. The third-order valence-electron chi connectivity index (χ3n) is 5.24. The Bertz CT molecular complexity index is 717. The van der Waals surface area contributed by atoms with Crippen LogP contribution < -0.4 is 5.73 Å². The molecule has 4 heterocycles. The largest absolute Gasteiger partial charge is 0.383 e. The van der Waals surface area contributed by atoms with Gasteiger partial charge in [-0.05, 0) is 6.07 Å². The molecule has 2 atom stereocenters. The highest BCUT2D eigenvalue weighted by Crippen LogP contribution is 2.23. The molecular formula is C18H26N6O. The fourth-order valence-corrected chi connectivity index (χ4v) is 3.90. The average molecular weight is 342 g/mol. The molecule has 7 nitrogen and oxygen atoms in total. The number of aromatic nitrogens is 3. The lowest BCUT2D eigenvalue weighted by Gasteiger charge is -2.31. The van der Waals surface area contributed by atoms with Gasteiger partial charge in [0, 0.05) is 69.3 Å². The van der Waals surface area contributed by atoms with Gasteiger partial charge < -0.3 is 15.0 Å². The summed E-state index contributed by atoms with van der Waals surface area (Å²) in [6, 6.07) is 4.40. The van der Waals surface area contributed by atoms with E-state index in [1.165, 1.54) is 0 Å². The smallest absolute Gasteiger partial charge is 0.127 e. The summed E-state index contributed by atoms with van der Waals surface area (Å²) in [4.78, 5) is 13.7. The van der Waals surface area contributed by atoms with E-state index < -0.39 is 0 Å². The van der Waals surface area contributed by atoms with Crippen molar-refractivity contribution < 1.29 is 4.74 Å². The van der Waals surface area contributed by atoms with Crippen molar-refractivity contribution in [3.63, 3.8) is 0 Å². The lowest BCUT2D eigenvalue weighted by Crippen LogP contribution is -2.43. The molecule has 0 unspecified atom stereocenters. The van der Waals surface area contributed by atoms with Gasteiger partial charge in [0.05, 0.1) is 19.8 Å². The number of anilines is 1. The second-order valence-corrected chi connectivity index (χ2v) is 7.18. The Morgan fingerprint density at radius 1 is 1.16 bits per heavy atom. The zero-order valence-electron chi connectivity index (χ0n) is 14.7. The van der Waals surface area contributed by atoms with Crippen molar-refractivity contribution in [3.05, 3.63) is 42.1 Å². The van der Waals surface area contributed by atoms with Gasteiger partial charge >= 0.3 is 0 Å². The fourth-order valence-electron chi connectivity index (χ4n) is 3.90. The molecule has 2 aromatic heterocycles. The van der Waals surface area contributed by atoms with Crippen LogP contribution in [0.25, 0.3) is 0 Å². The minimum Gasteiger partial charge on any atom is -0.383 e. The van der Waals surface area contributed by atoms with Gasteiger partial charge in [0.25, 0.3) is 0 Å². The van der Waals surface area contributed by atoms with Crippen LogP contribution in [-0.4, -0.2) is 63.2 Å². The van der Waals surface area contributed by atoms with Crippen molar-refractivity contribution in [2.45, 2.75) is 19.1 Å². The van der Waals surface area contributed by atoms with E-state index in [0.717, 1.165) is 57.3 Å². The van der Waals surface area contributed by atoms with Gasteiger partial charge in [0.1, 0.15) is 11.6 Å². The van der Waals surface area contributed by atoms with E-state index in [2.05, 4.69) is 37.4 Å². The van der Waals surface area contributed by atoms with Gasteiger partial charge in [-0.25, -0.2) is 9.97 Å². The molecule has 0 radical (unpaired) electrons. The van der Waals surface area contributed by atoms with E-state index in [-0.39, 0.29) is 0 Å². The van der Waals surface area contributed by atoms with Crippen LogP contribution in [-0.2, 0) is 24.9 Å². The highest BCUT2D eigenvalue weighted by Gasteiger charge is 2.33. The van der Waals surface area contributed by atoms with Crippen molar-refractivity contribution in [1.82, 2.24) is 24.3 Å². The summed E-state index contributed by atoms with van der Waals surface area (Å²) >= 11 is 0. The molecule has 4 rings (SSSR count). The van der Waals surface area contributed by atoms with Crippen LogP contribution in [0.3, 0.4) is 0 Å². The van der Waals surface area contributed by atoms with Gasteiger partial charge in [-0.2, -0.15) is 0 Å². The monoisotopic (exact) mass is 342 g/mol. The first-order valence-electron chi connectivity index (χ1n) is 8.89. The Morgan fingerprint density at radius 2 is 2.08 bits per heavy atom. The number of nitrogen functional groups attached to an aromatic ring is 1. The maximum atomic E-state index is 6.06. The first-order chi connectivity index (χ1) is 12.2. The molecule has 2 fully saturated rings. The first-order valence-corrected chi connectivity index (χ1v) is 8.89. The summed E-state index contributed by atoms with van der Waals surface area (Å²) in [6.45, 7) is 6.39. The standard InChI is InChI=1S/C18H26N6O/c1-22-6-5-20-17(22)11-23-7-14-8-24(16(10-23)13-25-12-14)9-15-3-2-4-21-18(15)19/h2-6,14,16H,7-13H2,1H3,(H2,19,21)/t14-,16-/m0/s1. The number of rotatable bonds is 4. The lowest BCUT2D eigenvalue weighted by atomic mass is 10.1. The molecule has 134 valence electrons. The van der Waals surface area contributed by atoms with Crippen LogP contribution in [0, 0.1) is 5.92 Å². The number of hydrogen-bond acceptors (Lipinski definition) is 6. The molecule has 0 aromatic carbocycles. The third kappa shape index (κ3) is 3.68. The Labute approximate surface area is 148 Å². The fraction of sp³-hybridized carbons (Fsp3) is 0.556. The summed E-state index contributed by atoms with van der Waals surface area (Å²) in [5.41, 5.74) is 7.16. The Balaban J connectivity index is 1.50. The number of pyridine rings is 1. The maximum absolute atomic E-state index is 6.06. The van der Waals surface area contributed by atoms with Crippen LogP contribution >= 0.6 is 0 Å². The lowest BCUT2D eigenvalue weighted by molar-refractivity contribution is 0.0461. The molecule has 0 spiro atoms. The Hall–Kier alpha value is -1.96. The van der Waals surface area contributed by atoms with Crippen molar-refractivity contribution in [2.24, 2.45) is 13.0 Å². The van der Waals surface area contributed by atoms with E-state index >= 15 is 0 Å². The number of nitrogens with two attached hydrogens (primary N) is 1. The highest BCUT2D eigenvalue weighted by atomic mass is 16.5. The molecule has 2 aromatic rings. The third-order valence-corrected chi connectivity index (χ3v) is 5.24. The Kier molecular flexibility index (Phi) is 4.70. The number of fused-ring (bicyclic) bond motifs is 3. The number of aryl methyl sites for hydroxylation is 1. The average Bonchev–Trinajstić information content (AvgIpc) is 2.79. The number of hydrogen-bond donors (Lipinski definition) is 1. The molecule has 0 amide bonds. The summed E-state index contributed by atoms with van der Waals surface area (Å²) in [6.07, 6.45) is 5.63. The molecule has 0 aliphatic carbocycles. The van der Waals surface area contributed by atoms with Crippen molar-refractivity contribution in [3.8, 4) is 0 Å². The zero-order valence-corrected chi connectivity index (χ0v) is 14.7. The predicted octanol–water partition coefficient (Wildman–Crippen LogP) is 0.730. The molecule has 2 N–H and O–H groups in total. The summed E-state index contributed by atoms with van der Waals surface area (Å²) < 4.78 is 8.03. The Morgan fingerprint density at radius 3 is 2.88 bits per heavy atom. The summed E-state index contributed by atoms with van der Waals surface area (Å²) in [5, 5.41) is 0. The zero-order chi connectivity index (χ0) is 17.2. The van der Waals surface area contributed by atoms with Crippen LogP contribution in [0.4, 0.5) is 5.82 Å². The molecule has 2 aliphatic rings. The van der Waals surface area contributed by atoms with Crippen molar-refractivity contribution in [1.29, 1.82) is 0 Å². The minimum atomic E-state index is 0.368. The number of nitrogens with zero attached hydrogens (tertiary/aromatic N) is 5. The second kappa shape index (κ2) is 7.11. The van der Waals surface area contributed by atoms with Crippen LogP contribution in [0.2, 0.25) is 0 Å². The normalized spacial score (nSPS) is 25.0. The van der Waals surface area contributed by atoms with Gasteiger partial charge in [-0.15, -0.1) is 0 Å². The van der Waals surface area contributed by atoms with Gasteiger partial charge in [-0.3, -0.25) is 9.80 Å². The first kappa shape index (κ1) is 16.5. The quantitative estimate of drug-likeness (QED) is 0.883. The van der Waals surface area contributed by atoms with Crippen LogP contribution in [0.15, 0.2) is 30.7 Å². The molecule has 7 heteroatoms. The molecule has 2 bridgehead atoms.